The Labute approximate surface area is 166 Å². The van der Waals surface area contributed by atoms with Crippen molar-refractivity contribution in [2.24, 2.45) is 5.73 Å². The Morgan fingerprint density at radius 1 is 1.33 bits per heavy atom. The summed E-state index contributed by atoms with van der Waals surface area (Å²) < 4.78 is 12.9. The minimum Gasteiger partial charge on any atom is -0.365 e. The highest BCUT2D eigenvalue weighted by Crippen LogP contribution is 2.36. The van der Waals surface area contributed by atoms with Gasteiger partial charge in [-0.05, 0) is 55.5 Å². The minimum atomic E-state index is -0.487. The molecule has 8 heteroatoms. The maximum atomic E-state index is 12.9. The molecule has 1 aromatic carbocycles. The molecule has 27 heavy (non-hydrogen) atoms. The van der Waals surface area contributed by atoms with Gasteiger partial charge >= 0.3 is 0 Å². The minimum absolute atomic E-state index is 0.121. The van der Waals surface area contributed by atoms with E-state index in [1.807, 2.05) is 7.05 Å². The third kappa shape index (κ3) is 5.09. The molecule has 2 amide bonds. The van der Waals surface area contributed by atoms with Gasteiger partial charge in [-0.25, -0.2) is 4.39 Å². The highest BCUT2D eigenvalue weighted by molar-refractivity contribution is 7.99. The molecule has 0 atom stereocenters. The van der Waals surface area contributed by atoms with Gasteiger partial charge in [0, 0.05) is 29.3 Å². The molecule has 0 saturated heterocycles. The number of nitrogens with zero attached hydrogens (tertiary/aromatic N) is 1. The van der Waals surface area contributed by atoms with Crippen LogP contribution in [0.1, 0.15) is 33.6 Å². The van der Waals surface area contributed by atoms with Crippen molar-refractivity contribution in [1.29, 1.82) is 0 Å². The zero-order chi connectivity index (χ0) is 19.4. The lowest BCUT2D eigenvalue weighted by molar-refractivity contribution is -0.116. The normalized spacial score (nSPS) is 14.0. The first-order valence-electron chi connectivity index (χ1n) is 8.75. The molecule has 2 aromatic rings. The first kappa shape index (κ1) is 19.9. The van der Waals surface area contributed by atoms with Crippen LogP contribution in [0, 0.1) is 5.82 Å². The van der Waals surface area contributed by atoms with E-state index in [2.05, 4.69) is 10.2 Å². The topological polar surface area (TPSA) is 75.4 Å². The Morgan fingerprint density at radius 3 is 2.78 bits per heavy atom. The van der Waals surface area contributed by atoms with Crippen LogP contribution in [0.5, 0.6) is 0 Å². The van der Waals surface area contributed by atoms with E-state index >= 15 is 0 Å². The van der Waals surface area contributed by atoms with Crippen LogP contribution in [0.15, 0.2) is 29.2 Å². The molecular weight excluding hydrogens is 385 g/mol. The van der Waals surface area contributed by atoms with Gasteiger partial charge in [-0.1, -0.05) is 0 Å². The van der Waals surface area contributed by atoms with Gasteiger partial charge in [-0.2, -0.15) is 0 Å². The number of carbonyl (C=O) groups is 2. The molecule has 0 unspecified atom stereocenters. The largest absolute Gasteiger partial charge is 0.365 e. The summed E-state index contributed by atoms with van der Waals surface area (Å²) >= 11 is 3.03. The molecule has 1 aromatic heterocycles. The van der Waals surface area contributed by atoms with E-state index < -0.39 is 5.91 Å². The fraction of sp³-hybridized carbons (Fsp3) is 0.368. The number of fused-ring (bicyclic) bond motifs is 1. The van der Waals surface area contributed by atoms with Crippen molar-refractivity contribution in [3.05, 3.63) is 46.1 Å². The summed E-state index contributed by atoms with van der Waals surface area (Å²) in [4.78, 5) is 28.4. The molecule has 0 fully saturated rings. The van der Waals surface area contributed by atoms with E-state index in [9.17, 15) is 14.0 Å². The van der Waals surface area contributed by atoms with Gasteiger partial charge in [0.25, 0.3) is 5.91 Å². The number of amides is 2. The number of hydrogen-bond donors (Lipinski definition) is 2. The Morgan fingerprint density at radius 2 is 2.07 bits per heavy atom. The lowest BCUT2D eigenvalue weighted by Gasteiger charge is -2.22. The lowest BCUT2D eigenvalue weighted by atomic mass is 10.0. The van der Waals surface area contributed by atoms with E-state index in [0.29, 0.717) is 23.4 Å². The van der Waals surface area contributed by atoms with Crippen molar-refractivity contribution >= 4 is 39.9 Å². The van der Waals surface area contributed by atoms with Gasteiger partial charge in [-0.3, -0.25) is 9.59 Å². The highest BCUT2D eigenvalue weighted by Gasteiger charge is 2.26. The summed E-state index contributed by atoms with van der Waals surface area (Å²) in [5.41, 5.74) is 7.01. The molecule has 0 radical (unpaired) electrons. The highest BCUT2D eigenvalue weighted by atomic mass is 32.2. The Bertz CT molecular complexity index is 836. The maximum Gasteiger partial charge on any atom is 0.251 e. The zero-order valence-corrected chi connectivity index (χ0v) is 16.7. The number of hydrogen-bond acceptors (Lipinski definition) is 5. The Hall–Kier alpha value is -1.90. The van der Waals surface area contributed by atoms with Gasteiger partial charge in [0.15, 0.2) is 0 Å². The van der Waals surface area contributed by atoms with E-state index in [0.717, 1.165) is 40.6 Å². The van der Waals surface area contributed by atoms with Gasteiger partial charge < -0.3 is 16.0 Å². The van der Waals surface area contributed by atoms with Crippen LogP contribution in [-0.4, -0.2) is 36.1 Å². The molecule has 144 valence electrons. The van der Waals surface area contributed by atoms with E-state index in [4.69, 9.17) is 5.73 Å². The number of primary amides is 1. The zero-order valence-electron chi connectivity index (χ0n) is 15.1. The van der Waals surface area contributed by atoms with E-state index in [1.54, 1.807) is 23.9 Å². The van der Waals surface area contributed by atoms with Gasteiger partial charge in [0.05, 0.1) is 5.56 Å². The summed E-state index contributed by atoms with van der Waals surface area (Å²) in [6.45, 7) is 1.64. The van der Waals surface area contributed by atoms with Crippen LogP contribution in [-0.2, 0) is 17.8 Å². The van der Waals surface area contributed by atoms with Gasteiger partial charge in [0.2, 0.25) is 5.91 Å². The van der Waals surface area contributed by atoms with Crippen LogP contribution in [0.4, 0.5) is 9.39 Å². The monoisotopic (exact) mass is 407 g/mol. The average Bonchev–Trinajstić information content (AvgIpc) is 2.97. The Kier molecular flexibility index (Phi) is 6.51. The standard InChI is InChI=1S/C19H22FN3O2S2/c1-23-9-8-14-15(11-23)27-19(17(14)18(21)25)22-16(24)3-2-10-26-13-6-4-12(20)5-7-13/h4-7H,2-3,8-11H2,1H3,(H2,21,25)(H,22,24). The van der Waals surface area contributed by atoms with Crippen LogP contribution in [0.2, 0.25) is 0 Å². The van der Waals surface area contributed by atoms with Crippen molar-refractivity contribution in [3.63, 3.8) is 0 Å². The molecule has 1 aliphatic heterocycles. The quantitative estimate of drug-likeness (QED) is 0.544. The first-order chi connectivity index (χ1) is 12.9. The molecule has 0 bridgehead atoms. The van der Waals surface area contributed by atoms with Crippen molar-refractivity contribution in [1.82, 2.24) is 4.90 Å². The van der Waals surface area contributed by atoms with Gasteiger partial charge in [0.1, 0.15) is 10.8 Å². The number of thiophene rings is 1. The SMILES string of the molecule is CN1CCc2c(sc(NC(=O)CCCSc3ccc(F)cc3)c2C(N)=O)C1. The summed E-state index contributed by atoms with van der Waals surface area (Å²) in [7, 11) is 2.03. The summed E-state index contributed by atoms with van der Waals surface area (Å²) in [6.07, 6.45) is 1.81. The van der Waals surface area contributed by atoms with Crippen molar-refractivity contribution in [2.45, 2.75) is 30.7 Å². The second-order valence-electron chi connectivity index (χ2n) is 6.51. The molecule has 3 N–H and O–H groups in total. The number of halogens is 1. The molecule has 5 nitrogen and oxygen atoms in total. The average molecular weight is 408 g/mol. The summed E-state index contributed by atoms with van der Waals surface area (Å²) in [5, 5.41) is 3.44. The van der Waals surface area contributed by atoms with Crippen LogP contribution >= 0.6 is 23.1 Å². The molecule has 2 heterocycles. The molecule has 0 saturated carbocycles. The number of nitrogens with two attached hydrogens (primary N) is 1. The van der Waals surface area contributed by atoms with Crippen molar-refractivity contribution in [2.75, 3.05) is 24.7 Å². The van der Waals surface area contributed by atoms with Crippen LogP contribution in [0.25, 0.3) is 0 Å². The second kappa shape index (κ2) is 8.86. The van der Waals surface area contributed by atoms with Crippen LogP contribution in [0.3, 0.4) is 0 Å². The number of nitrogens with one attached hydrogen (secondary N) is 1. The number of likely N-dealkylation sites (N-methyl/N-ethyl adjacent to an activating group) is 1. The van der Waals surface area contributed by atoms with Gasteiger partial charge in [-0.15, -0.1) is 23.1 Å². The second-order valence-corrected chi connectivity index (χ2v) is 8.79. The Balaban J connectivity index is 1.54. The van der Waals surface area contributed by atoms with Crippen molar-refractivity contribution < 1.29 is 14.0 Å². The summed E-state index contributed by atoms with van der Waals surface area (Å²) in [5.74, 6) is -0.106. The first-order valence-corrected chi connectivity index (χ1v) is 10.6. The number of rotatable bonds is 7. The summed E-state index contributed by atoms with van der Waals surface area (Å²) in [6, 6.07) is 6.31. The van der Waals surface area contributed by atoms with E-state index in [-0.39, 0.29) is 11.7 Å². The number of thioether (sulfide) groups is 1. The molecule has 1 aliphatic rings. The van der Waals surface area contributed by atoms with Crippen molar-refractivity contribution in [3.8, 4) is 0 Å². The third-order valence-corrected chi connectivity index (χ3v) is 6.61. The number of anilines is 1. The maximum absolute atomic E-state index is 12.9. The predicted molar refractivity (Wildman–Crippen MR) is 108 cm³/mol. The number of carbonyl (C=O) groups excluding carboxylic acids is 2. The fourth-order valence-corrected chi connectivity index (χ4v) is 5.22. The lowest BCUT2D eigenvalue weighted by Crippen LogP contribution is -2.27. The molecule has 0 aliphatic carbocycles. The molecule has 3 rings (SSSR count). The number of benzene rings is 1. The fourth-order valence-electron chi connectivity index (χ4n) is 3.02. The molecular formula is C19H22FN3O2S2. The predicted octanol–water partition coefficient (Wildman–Crippen LogP) is 3.49. The van der Waals surface area contributed by atoms with Crippen LogP contribution < -0.4 is 11.1 Å². The van der Waals surface area contributed by atoms with E-state index in [1.165, 1.54) is 23.5 Å². The smallest absolute Gasteiger partial charge is 0.251 e. The third-order valence-electron chi connectivity index (χ3n) is 4.38. The molecule has 0 spiro atoms.